The Kier molecular flexibility index (Phi) is 3.25. The van der Waals surface area contributed by atoms with E-state index in [9.17, 15) is 0 Å². The molecule has 0 amide bonds. The van der Waals surface area contributed by atoms with Gasteiger partial charge in [-0.3, -0.25) is 0 Å². The molecule has 0 fully saturated rings. The normalized spacial score (nSPS) is 10.6. The zero-order valence-electron chi connectivity index (χ0n) is 6.60. The first-order chi connectivity index (χ1) is 5.43. The first-order valence-electron chi connectivity index (χ1n) is 3.66. The van der Waals surface area contributed by atoms with Crippen LogP contribution in [0.4, 0.5) is 0 Å². The highest BCUT2D eigenvalue weighted by molar-refractivity contribution is 4.81. The van der Waals surface area contributed by atoms with E-state index in [0.717, 1.165) is 13.2 Å². The van der Waals surface area contributed by atoms with Crippen molar-refractivity contribution in [1.29, 1.82) is 0 Å². The number of hydrogen-bond acceptors (Lipinski definition) is 2. The van der Waals surface area contributed by atoms with Crippen molar-refractivity contribution in [2.24, 2.45) is 0 Å². The maximum Gasteiger partial charge on any atom is 0.0948 e. The summed E-state index contributed by atoms with van der Waals surface area (Å²) in [5, 5.41) is 0. The molecular formula is C8H12N2O. The van der Waals surface area contributed by atoms with Crippen LogP contribution in [-0.4, -0.2) is 16.2 Å². The third-order valence-electron chi connectivity index (χ3n) is 1.23. The van der Waals surface area contributed by atoms with Crippen molar-refractivity contribution >= 4 is 0 Å². The Bertz CT molecular complexity index is 204. The molecule has 0 radical (unpaired) electrons. The fourth-order valence-corrected chi connectivity index (χ4v) is 0.724. The first-order valence-corrected chi connectivity index (χ1v) is 3.66. The summed E-state index contributed by atoms with van der Waals surface area (Å²) in [5.74, 6) is 0. The SMILES string of the molecule is CCOC=CCn1ccnc1. The van der Waals surface area contributed by atoms with Crippen LogP contribution in [0.1, 0.15) is 6.92 Å². The maximum absolute atomic E-state index is 5.02. The van der Waals surface area contributed by atoms with Gasteiger partial charge in [0.15, 0.2) is 0 Å². The van der Waals surface area contributed by atoms with Crippen molar-refractivity contribution in [2.75, 3.05) is 6.61 Å². The van der Waals surface area contributed by atoms with E-state index in [4.69, 9.17) is 4.74 Å². The van der Waals surface area contributed by atoms with Crippen LogP contribution in [-0.2, 0) is 11.3 Å². The molecule has 0 aliphatic rings. The molecule has 1 rings (SSSR count). The average molecular weight is 152 g/mol. The smallest absolute Gasteiger partial charge is 0.0948 e. The molecule has 0 unspecified atom stereocenters. The molecule has 0 saturated heterocycles. The highest BCUT2D eigenvalue weighted by Gasteiger charge is 1.82. The molecule has 1 heterocycles. The molecule has 0 spiro atoms. The summed E-state index contributed by atoms with van der Waals surface area (Å²) in [4.78, 5) is 3.91. The third kappa shape index (κ3) is 2.89. The number of nitrogens with zero attached hydrogens (tertiary/aromatic N) is 2. The van der Waals surface area contributed by atoms with Gasteiger partial charge in [0.25, 0.3) is 0 Å². The minimum absolute atomic E-state index is 0.723. The van der Waals surface area contributed by atoms with Crippen LogP contribution in [0, 0.1) is 0 Å². The number of imidazole rings is 1. The van der Waals surface area contributed by atoms with Crippen LogP contribution in [0.2, 0.25) is 0 Å². The van der Waals surface area contributed by atoms with E-state index in [1.165, 1.54) is 0 Å². The molecule has 0 N–H and O–H groups in total. The Labute approximate surface area is 66.3 Å². The predicted octanol–water partition coefficient (Wildman–Crippen LogP) is 1.43. The standard InChI is InChI=1S/C8H12N2O/c1-2-11-7-3-5-10-6-4-9-8-10/h3-4,6-8H,2,5H2,1H3. The third-order valence-corrected chi connectivity index (χ3v) is 1.23. The second-order valence-electron chi connectivity index (χ2n) is 2.09. The van der Waals surface area contributed by atoms with E-state index in [1.807, 2.05) is 23.8 Å². The van der Waals surface area contributed by atoms with Gasteiger partial charge in [-0.05, 0) is 13.0 Å². The molecule has 3 heteroatoms. The molecule has 60 valence electrons. The quantitative estimate of drug-likeness (QED) is 0.610. The molecule has 0 bridgehead atoms. The molecule has 0 aliphatic carbocycles. The highest BCUT2D eigenvalue weighted by atomic mass is 16.5. The number of hydrogen-bond donors (Lipinski definition) is 0. The van der Waals surface area contributed by atoms with Gasteiger partial charge >= 0.3 is 0 Å². The van der Waals surface area contributed by atoms with Crippen LogP contribution in [0.25, 0.3) is 0 Å². The molecular weight excluding hydrogens is 140 g/mol. The molecule has 3 nitrogen and oxygen atoms in total. The Balaban J connectivity index is 2.23. The lowest BCUT2D eigenvalue weighted by molar-refractivity contribution is 0.268. The van der Waals surface area contributed by atoms with Crippen LogP contribution in [0.5, 0.6) is 0 Å². The summed E-state index contributed by atoms with van der Waals surface area (Å²) in [7, 11) is 0. The van der Waals surface area contributed by atoms with Crippen molar-refractivity contribution in [3.8, 4) is 0 Å². The van der Waals surface area contributed by atoms with Gasteiger partial charge in [-0.25, -0.2) is 4.98 Å². The minimum atomic E-state index is 0.723. The van der Waals surface area contributed by atoms with Gasteiger partial charge in [-0.2, -0.15) is 0 Å². The number of aromatic nitrogens is 2. The summed E-state index contributed by atoms with van der Waals surface area (Å²) in [5.41, 5.74) is 0. The van der Waals surface area contributed by atoms with Crippen molar-refractivity contribution in [3.05, 3.63) is 31.1 Å². The van der Waals surface area contributed by atoms with Crippen molar-refractivity contribution in [1.82, 2.24) is 9.55 Å². The van der Waals surface area contributed by atoms with Gasteiger partial charge in [0.05, 0.1) is 19.2 Å². The average Bonchev–Trinajstić information content (AvgIpc) is 2.50. The van der Waals surface area contributed by atoms with E-state index in [1.54, 1.807) is 18.8 Å². The fourth-order valence-electron chi connectivity index (χ4n) is 0.724. The van der Waals surface area contributed by atoms with Gasteiger partial charge in [0.2, 0.25) is 0 Å². The Morgan fingerprint density at radius 3 is 3.18 bits per heavy atom. The lowest BCUT2D eigenvalue weighted by Gasteiger charge is -1.94. The van der Waals surface area contributed by atoms with E-state index in [2.05, 4.69) is 4.98 Å². The number of rotatable bonds is 4. The van der Waals surface area contributed by atoms with E-state index < -0.39 is 0 Å². The Morgan fingerprint density at radius 2 is 2.55 bits per heavy atom. The monoisotopic (exact) mass is 152 g/mol. The summed E-state index contributed by atoms with van der Waals surface area (Å²) >= 11 is 0. The largest absolute Gasteiger partial charge is 0.502 e. The van der Waals surface area contributed by atoms with Gasteiger partial charge in [0, 0.05) is 18.9 Å². The summed E-state index contributed by atoms with van der Waals surface area (Å²) < 4.78 is 6.99. The zero-order valence-corrected chi connectivity index (χ0v) is 6.60. The fraction of sp³-hybridized carbons (Fsp3) is 0.375. The van der Waals surface area contributed by atoms with Crippen molar-refractivity contribution in [2.45, 2.75) is 13.5 Å². The van der Waals surface area contributed by atoms with Crippen LogP contribution < -0.4 is 0 Å². The zero-order chi connectivity index (χ0) is 7.94. The molecule has 1 aromatic heterocycles. The second-order valence-corrected chi connectivity index (χ2v) is 2.09. The van der Waals surface area contributed by atoms with Gasteiger partial charge in [0.1, 0.15) is 0 Å². The number of allylic oxidation sites excluding steroid dienone is 1. The molecule has 0 saturated carbocycles. The topological polar surface area (TPSA) is 27.1 Å². The molecule has 1 aromatic rings. The lowest BCUT2D eigenvalue weighted by atomic mass is 10.6. The molecule has 0 atom stereocenters. The van der Waals surface area contributed by atoms with Crippen LogP contribution in [0.3, 0.4) is 0 Å². The Morgan fingerprint density at radius 1 is 1.64 bits per heavy atom. The highest BCUT2D eigenvalue weighted by Crippen LogP contribution is 1.86. The van der Waals surface area contributed by atoms with Crippen molar-refractivity contribution in [3.63, 3.8) is 0 Å². The minimum Gasteiger partial charge on any atom is -0.502 e. The molecule has 11 heavy (non-hydrogen) atoms. The van der Waals surface area contributed by atoms with Crippen LogP contribution in [0.15, 0.2) is 31.1 Å². The Hall–Kier alpha value is -1.25. The summed E-state index contributed by atoms with van der Waals surface area (Å²) in [6, 6.07) is 0. The lowest BCUT2D eigenvalue weighted by Crippen LogP contribution is -1.89. The summed E-state index contributed by atoms with van der Waals surface area (Å²) in [6.07, 6.45) is 9.10. The maximum atomic E-state index is 5.02. The first kappa shape index (κ1) is 7.85. The van der Waals surface area contributed by atoms with Crippen LogP contribution >= 0.6 is 0 Å². The van der Waals surface area contributed by atoms with Gasteiger partial charge < -0.3 is 9.30 Å². The van der Waals surface area contributed by atoms with E-state index in [-0.39, 0.29) is 0 Å². The van der Waals surface area contributed by atoms with Gasteiger partial charge in [-0.15, -0.1) is 0 Å². The second kappa shape index (κ2) is 4.55. The van der Waals surface area contributed by atoms with E-state index >= 15 is 0 Å². The summed E-state index contributed by atoms with van der Waals surface area (Å²) in [6.45, 7) is 3.50. The van der Waals surface area contributed by atoms with Crippen molar-refractivity contribution < 1.29 is 4.74 Å². The predicted molar refractivity (Wildman–Crippen MR) is 43.0 cm³/mol. The molecule has 0 aromatic carbocycles. The van der Waals surface area contributed by atoms with E-state index in [0.29, 0.717) is 0 Å². The molecule has 0 aliphatic heterocycles. The number of ether oxygens (including phenoxy) is 1. The van der Waals surface area contributed by atoms with Gasteiger partial charge in [-0.1, -0.05) is 0 Å².